The van der Waals surface area contributed by atoms with Gasteiger partial charge < -0.3 is 9.47 Å². The van der Waals surface area contributed by atoms with Crippen molar-refractivity contribution in [2.45, 2.75) is 20.4 Å². The second kappa shape index (κ2) is 6.57. The van der Waals surface area contributed by atoms with Crippen LogP contribution in [0.5, 0.6) is 11.5 Å². The molecule has 26 heavy (non-hydrogen) atoms. The monoisotopic (exact) mass is 353 g/mol. The van der Waals surface area contributed by atoms with Crippen molar-refractivity contribution in [3.8, 4) is 11.5 Å². The SMILES string of the molecule is CC(C)CN1COc2ccc3c(c2C1)O/C(=C\c1ccc(F)cc1)C3=O. The molecule has 0 radical (unpaired) electrons. The van der Waals surface area contributed by atoms with E-state index < -0.39 is 0 Å². The molecule has 0 amide bonds. The van der Waals surface area contributed by atoms with Crippen LogP contribution < -0.4 is 9.47 Å². The molecule has 2 aromatic rings. The second-order valence-electron chi connectivity index (χ2n) is 7.09. The predicted octanol–water partition coefficient (Wildman–Crippen LogP) is 4.25. The molecule has 5 heteroatoms. The summed E-state index contributed by atoms with van der Waals surface area (Å²) in [6, 6.07) is 9.54. The third-order valence-electron chi connectivity index (χ3n) is 4.47. The molecule has 0 fully saturated rings. The summed E-state index contributed by atoms with van der Waals surface area (Å²) in [5, 5.41) is 0. The molecule has 4 nitrogen and oxygen atoms in total. The first-order valence-corrected chi connectivity index (χ1v) is 8.72. The minimum atomic E-state index is -0.314. The number of fused-ring (bicyclic) bond motifs is 3. The highest BCUT2D eigenvalue weighted by molar-refractivity contribution is 6.15. The Morgan fingerprint density at radius 1 is 1.19 bits per heavy atom. The molecule has 2 aliphatic heterocycles. The van der Waals surface area contributed by atoms with Crippen molar-refractivity contribution in [3.63, 3.8) is 0 Å². The van der Waals surface area contributed by atoms with Gasteiger partial charge in [0.15, 0.2) is 5.76 Å². The smallest absolute Gasteiger partial charge is 0.231 e. The Bertz CT molecular complexity index is 887. The molecule has 0 unspecified atom stereocenters. The Morgan fingerprint density at radius 3 is 2.69 bits per heavy atom. The fourth-order valence-corrected chi connectivity index (χ4v) is 3.35. The lowest BCUT2D eigenvalue weighted by Crippen LogP contribution is -2.34. The summed E-state index contributed by atoms with van der Waals surface area (Å²) >= 11 is 0. The number of ether oxygens (including phenoxy) is 2. The number of hydrogen-bond donors (Lipinski definition) is 0. The van der Waals surface area contributed by atoms with E-state index in [1.165, 1.54) is 12.1 Å². The average Bonchev–Trinajstić information content (AvgIpc) is 2.93. The number of carbonyl (C=O) groups excluding carboxylic acids is 1. The van der Waals surface area contributed by atoms with Crippen LogP contribution in [0.4, 0.5) is 4.39 Å². The van der Waals surface area contributed by atoms with E-state index in [1.807, 2.05) is 6.07 Å². The van der Waals surface area contributed by atoms with Gasteiger partial charge in [0.05, 0.1) is 11.1 Å². The number of nitrogens with zero attached hydrogens (tertiary/aromatic N) is 1. The van der Waals surface area contributed by atoms with Crippen LogP contribution in [0.15, 0.2) is 42.2 Å². The molecular weight excluding hydrogens is 333 g/mol. The van der Waals surface area contributed by atoms with Gasteiger partial charge in [0.25, 0.3) is 0 Å². The molecule has 0 aliphatic carbocycles. The van der Waals surface area contributed by atoms with E-state index >= 15 is 0 Å². The molecule has 2 heterocycles. The molecule has 134 valence electrons. The summed E-state index contributed by atoms with van der Waals surface area (Å²) in [6.07, 6.45) is 1.64. The minimum Gasteiger partial charge on any atom is -0.478 e. The zero-order valence-electron chi connectivity index (χ0n) is 14.8. The van der Waals surface area contributed by atoms with Gasteiger partial charge >= 0.3 is 0 Å². The number of halogens is 1. The van der Waals surface area contributed by atoms with E-state index in [4.69, 9.17) is 9.47 Å². The molecule has 4 rings (SSSR count). The fourth-order valence-electron chi connectivity index (χ4n) is 3.35. The van der Waals surface area contributed by atoms with Gasteiger partial charge in [0, 0.05) is 13.1 Å². The van der Waals surface area contributed by atoms with Crippen LogP contribution in [0, 0.1) is 11.7 Å². The second-order valence-corrected chi connectivity index (χ2v) is 7.09. The molecule has 0 N–H and O–H groups in total. The number of benzene rings is 2. The third kappa shape index (κ3) is 3.10. The minimum absolute atomic E-state index is 0.159. The lowest BCUT2D eigenvalue weighted by molar-refractivity contribution is 0.0832. The van der Waals surface area contributed by atoms with Gasteiger partial charge in [-0.3, -0.25) is 9.69 Å². The van der Waals surface area contributed by atoms with Crippen LogP contribution in [0.2, 0.25) is 0 Å². The van der Waals surface area contributed by atoms with E-state index in [1.54, 1.807) is 24.3 Å². The summed E-state index contributed by atoms with van der Waals surface area (Å²) in [5.74, 6) is 1.64. The van der Waals surface area contributed by atoms with Gasteiger partial charge in [-0.15, -0.1) is 0 Å². The maximum absolute atomic E-state index is 13.1. The van der Waals surface area contributed by atoms with Gasteiger partial charge in [0.1, 0.15) is 24.0 Å². The first kappa shape index (κ1) is 16.8. The number of allylic oxidation sites excluding steroid dienone is 1. The van der Waals surface area contributed by atoms with E-state index in [0.29, 0.717) is 36.1 Å². The first-order chi connectivity index (χ1) is 12.5. The Morgan fingerprint density at radius 2 is 1.96 bits per heavy atom. The van der Waals surface area contributed by atoms with Crippen LogP contribution in [0.25, 0.3) is 6.08 Å². The molecule has 0 atom stereocenters. The summed E-state index contributed by atoms with van der Waals surface area (Å²) < 4.78 is 24.8. The standard InChI is InChI=1S/C21H20FNO3/c1-13(2)10-23-11-17-18(25-12-23)8-7-16-20(24)19(26-21(16)17)9-14-3-5-15(22)6-4-14/h3-9,13H,10-12H2,1-2H3/b19-9-. The predicted molar refractivity (Wildman–Crippen MR) is 96.5 cm³/mol. The summed E-state index contributed by atoms with van der Waals surface area (Å²) in [5.41, 5.74) is 2.17. The Hall–Kier alpha value is -2.66. The van der Waals surface area contributed by atoms with E-state index in [9.17, 15) is 9.18 Å². The average molecular weight is 353 g/mol. The number of rotatable bonds is 3. The third-order valence-corrected chi connectivity index (χ3v) is 4.47. The number of carbonyl (C=O) groups is 1. The number of Topliss-reactive ketones (excluding diaryl/α,β-unsaturated/α-hetero) is 1. The van der Waals surface area contributed by atoms with Gasteiger partial charge in [0.2, 0.25) is 5.78 Å². The van der Waals surface area contributed by atoms with Crippen LogP contribution in [-0.2, 0) is 6.54 Å². The van der Waals surface area contributed by atoms with Gasteiger partial charge in [-0.25, -0.2) is 4.39 Å². The van der Waals surface area contributed by atoms with E-state index in [2.05, 4.69) is 18.7 Å². The Labute approximate surface area is 151 Å². The normalized spacial score (nSPS) is 17.8. The van der Waals surface area contributed by atoms with Crippen molar-refractivity contribution in [2.24, 2.45) is 5.92 Å². The zero-order valence-corrected chi connectivity index (χ0v) is 14.8. The Kier molecular flexibility index (Phi) is 4.24. The van der Waals surface area contributed by atoms with Crippen LogP contribution in [-0.4, -0.2) is 24.0 Å². The van der Waals surface area contributed by atoms with Gasteiger partial charge in [-0.2, -0.15) is 0 Å². The van der Waals surface area contributed by atoms with E-state index in [0.717, 1.165) is 17.9 Å². The zero-order chi connectivity index (χ0) is 18.3. The van der Waals surface area contributed by atoms with Crippen molar-refractivity contribution in [2.75, 3.05) is 13.3 Å². The Balaban J connectivity index is 1.65. The van der Waals surface area contributed by atoms with Gasteiger partial charge in [-0.1, -0.05) is 26.0 Å². The quantitative estimate of drug-likeness (QED) is 0.774. The van der Waals surface area contributed by atoms with Crippen LogP contribution in [0.3, 0.4) is 0 Å². The summed E-state index contributed by atoms with van der Waals surface area (Å²) in [6.45, 7) is 6.46. The highest BCUT2D eigenvalue weighted by Gasteiger charge is 2.33. The molecule has 0 saturated carbocycles. The van der Waals surface area contributed by atoms with Crippen molar-refractivity contribution >= 4 is 11.9 Å². The molecular formula is C21H20FNO3. The van der Waals surface area contributed by atoms with Gasteiger partial charge in [-0.05, 0) is 41.8 Å². The lowest BCUT2D eigenvalue weighted by Gasteiger charge is -2.30. The molecule has 0 bridgehead atoms. The largest absolute Gasteiger partial charge is 0.478 e. The van der Waals surface area contributed by atoms with Crippen LogP contribution >= 0.6 is 0 Å². The topological polar surface area (TPSA) is 38.8 Å². The molecule has 0 spiro atoms. The molecule has 2 aliphatic rings. The molecule has 0 saturated heterocycles. The number of hydrogen-bond acceptors (Lipinski definition) is 4. The molecule has 2 aromatic carbocycles. The number of ketones is 1. The van der Waals surface area contributed by atoms with Crippen molar-refractivity contribution in [1.29, 1.82) is 0 Å². The summed E-state index contributed by atoms with van der Waals surface area (Å²) in [7, 11) is 0. The van der Waals surface area contributed by atoms with Crippen molar-refractivity contribution in [1.82, 2.24) is 4.90 Å². The highest BCUT2D eigenvalue weighted by Crippen LogP contribution is 2.42. The lowest BCUT2D eigenvalue weighted by atomic mass is 10.0. The van der Waals surface area contributed by atoms with Crippen molar-refractivity contribution in [3.05, 3.63) is 64.7 Å². The maximum atomic E-state index is 13.1. The first-order valence-electron chi connectivity index (χ1n) is 8.72. The fraction of sp³-hybridized carbons (Fsp3) is 0.286. The molecule has 0 aromatic heterocycles. The summed E-state index contributed by atoms with van der Waals surface area (Å²) in [4.78, 5) is 14.9. The van der Waals surface area contributed by atoms with E-state index in [-0.39, 0.29) is 17.4 Å². The highest BCUT2D eigenvalue weighted by atomic mass is 19.1. The van der Waals surface area contributed by atoms with Crippen molar-refractivity contribution < 1.29 is 18.7 Å². The maximum Gasteiger partial charge on any atom is 0.231 e. The van der Waals surface area contributed by atoms with Crippen LogP contribution in [0.1, 0.15) is 35.3 Å².